The molecule has 6 nitrogen and oxygen atoms in total. The number of thiazole rings is 1. The predicted octanol–water partition coefficient (Wildman–Crippen LogP) is 2.85. The number of aromatic nitrogens is 1. The van der Waals surface area contributed by atoms with Crippen molar-refractivity contribution in [1.82, 2.24) is 4.98 Å². The Morgan fingerprint density at radius 2 is 2.13 bits per heavy atom. The van der Waals surface area contributed by atoms with E-state index in [1.165, 1.54) is 11.3 Å². The molecule has 1 aromatic heterocycles. The third-order valence-corrected chi connectivity index (χ3v) is 5.01. The SMILES string of the molecule is COc1ccc(OC)c2sc(N(C[C@H]3CCCO3)C(C)=O)nc12. The van der Waals surface area contributed by atoms with E-state index in [0.29, 0.717) is 22.9 Å². The number of carbonyl (C=O) groups excluding carboxylic acids is 1. The van der Waals surface area contributed by atoms with E-state index in [1.807, 2.05) is 12.1 Å². The molecule has 1 aromatic carbocycles. The van der Waals surface area contributed by atoms with Crippen LogP contribution >= 0.6 is 11.3 Å². The van der Waals surface area contributed by atoms with Crippen molar-refractivity contribution in [2.45, 2.75) is 25.9 Å². The number of ether oxygens (including phenoxy) is 3. The second-order valence-electron chi connectivity index (χ2n) is 5.41. The van der Waals surface area contributed by atoms with Gasteiger partial charge in [-0.2, -0.15) is 0 Å². The van der Waals surface area contributed by atoms with E-state index >= 15 is 0 Å². The minimum absolute atomic E-state index is 0.0440. The van der Waals surface area contributed by atoms with Crippen LogP contribution in [0.4, 0.5) is 5.13 Å². The molecule has 1 atom stereocenters. The molecule has 0 spiro atoms. The average molecular weight is 336 g/mol. The number of amides is 1. The maximum absolute atomic E-state index is 12.1. The van der Waals surface area contributed by atoms with Gasteiger partial charge < -0.3 is 14.2 Å². The molecule has 23 heavy (non-hydrogen) atoms. The summed E-state index contributed by atoms with van der Waals surface area (Å²) in [5, 5.41) is 0.644. The van der Waals surface area contributed by atoms with Gasteiger partial charge in [-0.1, -0.05) is 11.3 Å². The summed E-state index contributed by atoms with van der Waals surface area (Å²) in [6.45, 7) is 2.84. The van der Waals surface area contributed by atoms with E-state index in [0.717, 1.165) is 29.9 Å². The van der Waals surface area contributed by atoms with Crippen LogP contribution < -0.4 is 14.4 Å². The molecule has 0 saturated carbocycles. The molecule has 0 radical (unpaired) electrons. The fourth-order valence-corrected chi connectivity index (χ4v) is 3.85. The molecule has 2 aromatic rings. The normalized spacial score (nSPS) is 17.4. The second kappa shape index (κ2) is 6.72. The van der Waals surface area contributed by atoms with Gasteiger partial charge in [0.2, 0.25) is 5.91 Å². The largest absolute Gasteiger partial charge is 0.495 e. The Hall–Kier alpha value is -1.86. The number of methoxy groups -OCH3 is 2. The van der Waals surface area contributed by atoms with Gasteiger partial charge >= 0.3 is 0 Å². The lowest BCUT2D eigenvalue weighted by molar-refractivity contribution is -0.116. The van der Waals surface area contributed by atoms with Crippen LogP contribution in [0.3, 0.4) is 0 Å². The molecular weight excluding hydrogens is 316 g/mol. The number of benzene rings is 1. The minimum atomic E-state index is -0.0440. The van der Waals surface area contributed by atoms with E-state index in [1.54, 1.807) is 26.0 Å². The highest BCUT2D eigenvalue weighted by Crippen LogP contribution is 2.40. The summed E-state index contributed by atoms with van der Waals surface area (Å²) in [6.07, 6.45) is 2.09. The predicted molar refractivity (Wildman–Crippen MR) is 89.7 cm³/mol. The number of carbonyl (C=O) groups is 1. The van der Waals surface area contributed by atoms with E-state index in [2.05, 4.69) is 4.98 Å². The fourth-order valence-electron chi connectivity index (χ4n) is 2.72. The molecule has 1 aliphatic heterocycles. The minimum Gasteiger partial charge on any atom is -0.495 e. The van der Waals surface area contributed by atoms with E-state index in [9.17, 15) is 4.79 Å². The van der Waals surface area contributed by atoms with Crippen molar-refractivity contribution in [3.63, 3.8) is 0 Å². The first kappa shape index (κ1) is 16.0. The van der Waals surface area contributed by atoms with Crippen molar-refractivity contribution >= 4 is 32.6 Å². The lowest BCUT2D eigenvalue weighted by atomic mass is 10.2. The molecule has 0 unspecified atom stereocenters. The van der Waals surface area contributed by atoms with E-state index < -0.39 is 0 Å². The Bertz CT molecular complexity index is 668. The molecule has 0 bridgehead atoms. The molecule has 2 heterocycles. The van der Waals surface area contributed by atoms with Gasteiger partial charge in [-0.15, -0.1) is 0 Å². The molecule has 1 saturated heterocycles. The van der Waals surface area contributed by atoms with Crippen LogP contribution in [0.5, 0.6) is 11.5 Å². The van der Waals surface area contributed by atoms with Crippen molar-refractivity contribution in [2.24, 2.45) is 0 Å². The quantitative estimate of drug-likeness (QED) is 0.840. The number of hydrogen-bond donors (Lipinski definition) is 0. The van der Waals surface area contributed by atoms with Gasteiger partial charge in [0, 0.05) is 13.5 Å². The van der Waals surface area contributed by atoms with Gasteiger partial charge in [0.25, 0.3) is 0 Å². The smallest absolute Gasteiger partial charge is 0.225 e. The zero-order chi connectivity index (χ0) is 16.4. The number of anilines is 1. The molecule has 1 aliphatic rings. The number of hydrogen-bond acceptors (Lipinski definition) is 6. The molecular formula is C16H20N2O4S. The highest BCUT2D eigenvalue weighted by atomic mass is 32.1. The Kier molecular flexibility index (Phi) is 4.68. The van der Waals surface area contributed by atoms with Crippen molar-refractivity contribution in [1.29, 1.82) is 0 Å². The van der Waals surface area contributed by atoms with Crippen LogP contribution in [0, 0.1) is 0 Å². The zero-order valence-electron chi connectivity index (χ0n) is 13.5. The van der Waals surface area contributed by atoms with Gasteiger partial charge in [-0.3, -0.25) is 9.69 Å². The van der Waals surface area contributed by atoms with Crippen LogP contribution in [0.25, 0.3) is 10.2 Å². The molecule has 3 rings (SSSR count). The van der Waals surface area contributed by atoms with Crippen molar-refractivity contribution in [3.05, 3.63) is 12.1 Å². The highest BCUT2D eigenvalue weighted by molar-refractivity contribution is 7.22. The number of nitrogens with zero attached hydrogens (tertiary/aromatic N) is 2. The monoisotopic (exact) mass is 336 g/mol. The van der Waals surface area contributed by atoms with Crippen molar-refractivity contribution in [2.75, 3.05) is 32.3 Å². The van der Waals surface area contributed by atoms with Crippen molar-refractivity contribution in [3.8, 4) is 11.5 Å². The van der Waals surface area contributed by atoms with Gasteiger partial charge in [0.15, 0.2) is 5.13 Å². The average Bonchev–Trinajstić information content (AvgIpc) is 3.20. The summed E-state index contributed by atoms with van der Waals surface area (Å²) in [4.78, 5) is 18.4. The number of fused-ring (bicyclic) bond motifs is 1. The summed E-state index contributed by atoms with van der Waals surface area (Å²) >= 11 is 1.43. The standard InChI is InChI=1S/C16H20N2O4S/c1-10(19)18(9-11-5-4-8-22-11)16-17-14-12(20-2)6-7-13(21-3)15(14)23-16/h6-7,11H,4-5,8-9H2,1-3H3/t11-/m1/s1. The fraction of sp³-hybridized carbons (Fsp3) is 0.500. The highest BCUT2D eigenvalue weighted by Gasteiger charge is 2.25. The lowest BCUT2D eigenvalue weighted by Gasteiger charge is -2.21. The van der Waals surface area contributed by atoms with E-state index in [-0.39, 0.29) is 12.0 Å². The summed E-state index contributed by atoms with van der Waals surface area (Å²) in [7, 11) is 3.23. The van der Waals surface area contributed by atoms with Gasteiger partial charge in [-0.05, 0) is 25.0 Å². The second-order valence-corrected chi connectivity index (χ2v) is 6.39. The first-order valence-corrected chi connectivity index (χ1v) is 8.37. The van der Waals surface area contributed by atoms with E-state index in [4.69, 9.17) is 14.2 Å². The molecule has 7 heteroatoms. The van der Waals surface area contributed by atoms with Gasteiger partial charge in [0.05, 0.1) is 26.9 Å². The molecule has 0 aliphatic carbocycles. The van der Waals surface area contributed by atoms with Crippen LogP contribution in [0.15, 0.2) is 12.1 Å². The Balaban J connectivity index is 2.00. The summed E-state index contributed by atoms with van der Waals surface area (Å²) in [5.74, 6) is 1.35. The summed E-state index contributed by atoms with van der Waals surface area (Å²) < 4.78 is 17.3. The third-order valence-electron chi connectivity index (χ3n) is 3.92. The summed E-state index contributed by atoms with van der Waals surface area (Å²) in [5.41, 5.74) is 0.713. The maximum atomic E-state index is 12.1. The Labute approximate surface area is 139 Å². The molecule has 1 amide bonds. The Morgan fingerprint density at radius 1 is 1.39 bits per heavy atom. The number of rotatable bonds is 5. The first-order chi connectivity index (χ1) is 11.1. The summed E-state index contributed by atoms with van der Waals surface area (Å²) in [6, 6.07) is 3.67. The van der Waals surface area contributed by atoms with Crippen LogP contribution in [-0.2, 0) is 9.53 Å². The third kappa shape index (κ3) is 3.11. The van der Waals surface area contributed by atoms with Gasteiger partial charge in [-0.25, -0.2) is 4.98 Å². The topological polar surface area (TPSA) is 60.9 Å². The van der Waals surface area contributed by atoms with Crippen LogP contribution in [0.2, 0.25) is 0 Å². The zero-order valence-corrected chi connectivity index (χ0v) is 14.3. The molecule has 0 N–H and O–H groups in total. The first-order valence-electron chi connectivity index (χ1n) is 7.55. The van der Waals surface area contributed by atoms with Gasteiger partial charge in [0.1, 0.15) is 21.7 Å². The Morgan fingerprint density at radius 3 is 2.74 bits per heavy atom. The molecule has 1 fully saturated rings. The van der Waals surface area contributed by atoms with Crippen LogP contribution in [0.1, 0.15) is 19.8 Å². The van der Waals surface area contributed by atoms with Crippen molar-refractivity contribution < 1.29 is 19.0 Å². The molecule has 124 valence electrons. The lowest BCUT2D eigenvalue weighted by Crippen LogP contribution is -2.35. The van der Waals surface area contributed by atoms with Crippen LogP contribution in [-0.4, -0.2) is 44.4 Å². The maximum Gasteiger partial charge on any atom is 0.225 e.